The number of aromatic nitrogens is 2. The number of aromatic amines is 1. The van der Waals surface area contributed by atoms with Crippen molar-refractivity contribution in [3.05, 3.63) is 59.3 Å². The van der Waals surface area contributed by atoms with Crippen LogP contribution in [0.1, 0.15) is 21.6 Å². The minimum Gasteiger partial charge on any atom is -0.367 e. The van der Waals surface area contributed by atoms with Crippen molar-refractivity contribution in [1.29, 1.82) is 5.26 Å². The third-order valence-corrected chi connectivity index (χ3v) is 4.92. The number of amides is 1. The molecule has 0 unspecified atom stereocenters. The first kappa shape index (κ1) is 16.2. The van der Waals surface area contributed by atoms with Gasteiger partial charge in [-0.1, -0.05) is 12.1 Å². The minimum atomic E-state index is 0.0423. The molecule has 1 aliphatic heterocycles. The molecule has 26 heavy (non-hydrogen) atoms. The maximum atomic E-state index is 12.9. The Morgan fingerprint density at radius 1 is 1.15 bits per heavy atom. The van der Waals surface area contributed by atoms with Crippen LogP contribution < -0.4 is 4.90 Å². The van der Waals surface area contributed by atoms with Crippen molar-refractivity contribution in [1.82, 2.24) is 15.1 Å². The number of hydrogen-bond acceptors (Lipinski definition) is 4. The van der Waals surface area contributed by atoms with Gasteiger partial charge in [-0.25, -0.2) is 0 Å². The molecule has 6 nitrogen and oxygen atoms in total. The van der Waals surface area contributed by atoms with Crippen LogP contribution >= 0.6 is 0 Å². The highest BCUT2D eigenvalue weighted by molar-refractivity contribution is 5.98. The van der Waals surface area contributed by atoms with Gasteiger partial charge in [-0.3, -0.25) is 9.89 Å². The van der Waals surface area contributed by atoms with Gasteiger partial charge in [-0.2, -0.15) is 10.4 Å². The maximum absolute atomic E-state index is 12.9. The number of para-hydroxylation sites is 1. The van der Waals surface area contributed by atoms with E-state index in [-0.39, 0.29) is 5.91 Å². The van der Waals surface area contributed by atoms with Crippen molar-refractivity contribution in [2.45, 2.75) is 6.92 Å². The lowest BCUT2D eigenvalue weighted by Crippen LogP contribution is -2.49. The molecule has 2 aromatic carbocycles. The summed E-state index contributed by atoms with van der Waals surface area (Å²) in [6.45, 7) is 4.67. The lowest BCUT2D eigenvalue weighted by molar-refractivity contribution is 0.0747. The van der Waals surface area contributed by atoms with Crippen molar-refractivity contribution in [2.75, 3.05) is 31.1 Å². The van der Waals surface area contributed by atoms with Gasteiger partial charge in [0.2, 0.25) is 0 Å². The van der Waals surface area contributed by atoms with Crippen molar-refractivity contribution in [3.8, 4) is 6.07 Å². The lowest BCUT2D eigenvalue weighted by atomic mass is 10.1. The third kappa shape index (κ3) is 2.78. The molecule has 1 N–H and O–H groups in total. The molecule has 6 heteroatoms. The van der Waals surface area contributed by atoms with Crippen LogP contribution in [-0.2, 0) is 0 Å². The number of piperazine rings is 1. The van der Waals surface area contributed by atoms with E-state index in [4.69, 9.17) is 0 Å². The predicted octanol–water partition coefficient (Wildman–Crippen LogP) is 2.71. The maximum Gasteiger partial charge on any atom is 0.253 e. The number of aryl methyl sites for hydroxylation is 1. The number of nitrogens with one attached hydrogen (secondary N) is 1. The van der Waals surface area contributed by atoms with Gasteiger partial charge in [0.15, 0.2) is 0 Å². The van der Waals surface area contributed by atoms with Gasteiger partial charge in [0.25, 0.3) is 5.91 Å². The molecule has 2 heterocycles. The molecule has 0 radical (unpaired) electrons. The fourth-order valence-electron chi connectivity index (χ4n) is 3.45. The normalized spacial score (nSPS) is 14.5. The van der Waals surface area contributed by atoms with E-state index >= 15 is 0 Å². The number of carbonyl (C=O) groups is 1. The Balaban J connectivity index is 1.49. The number of hydrogen-bond donors (Lipinski definition) is 1. The van der Waals surface area contributed by atoms with Gasteiger partial charge in [-0.15, -0.1) is 0 Å². The first-order chi connectivity index (χ1) is 12.7. The summed E-state index contributed by atoms with van der Waals surface area (Å²) in [5.74, 6) is 0.0423. The molecule has 0 bridgehead atoms. The molecule has 0 saturated carbocycles. The molecule has 130 valence electrons. The van der Waals surface area contributed by atoms with Crippen LogP contribution in [0.3, 0.4) is 0 Å². The summed E-state index contributed by atoms with van der Waals surface area (Å²) >= 11 is 0. The fraction of sp³-hybridized carbons (Fsp3) is 0.250. The van der Waals surface area contributed by atoms with Crippen LogP contribution in [0.25, 0.3) is 10.9 Å². The molecule has 0 aliphatic carbocycles. The van der Waals surface area contributed by atoms with Crippen LogP contribution in [0.4, 0.5) is 5.69 Å². The van der Waals surface area contributed by atoms with E-state index in [0.29, 0.717) is 24.2 Å². The third-order valence-electron chi connectivity index (χ3n) is 4.92. The first-order valence-corrected chi connectivity index (χ1v) is 8.65. The number of nitrogens with zero attached hydrogens (tertiary/aromatic N) is 4. The zero-order chi connectivity index (χ0) is 18.1. The first-order valence-electron chi connectivity index (χ1n) is 8.65. The second-order valence-corrected chi connectivity index (χ2v) is 6.49. The Kier molecular flexibility index (Phi) is 4.05. The van der Waals surface area contributed by atoms with Gasteiger partial charge in [0.1, 0.15) is 6.07 Å². The van der Waals surface area contributed by atoms with Crippen molar-refractivity contribution in [3.63, 3.8) is 0 Å². The molecule has 1 saturated heterocycles. The molecular weight excluding hydrogens is 326 g/mol. The Bertz CT molecular complexity index is 1010. The van der Waals surface area contributed by atoms with E-state index < -0.39 is 0 Å². The number of benzene rings is 2. The number of anilines is 1. The van der Waals surface area contributed by atoms with E-state index in [0.717, 1.165) is 35.4 Å². The molecule has 0 atom stereocenters. The molecular formula is C20H19N5O. The predicted molar refractivity (Wildman–Crippen MR) is 100 cm³/mol. The molecule has 1 amide bonds. The lowest BCUT2D eigenvalue weighted by Gasteiger charge is -2.36. The highest BCUT2D eigenvalue weighted by Gasteiger charge is 2.23. The summed E-state index contributed by atoms with van der Waals surface area (Å²) in [4.78, 5) is 16.9. The van der Waals surface area contributed by atoms with Crippen LogP contribution in [0.2, 0.25) is 0 Å². The van der Waals surface area contributed by atoms with Crippen LogP contribution in [0.5, 0.6) is 0 Å². The Morgan fingerprint density at radius 3 is 2.69 bits per heavy atom. The molecule has 1 fully saturated rings. The number of rotatable bonds is 2. The topological polar surface area (TPSA) is 76.0 Å². The van der Waals surface area contributed by atoms with E-state index in [1.165, 1.54) is 0 Å². The van der Waals surface area contributed by atoms with Gasteiger partial charge >= 0.3 is 0 Å². The van der Waals surface area contributed by atoms with Crippen LogP contribution in [-0.4, -0.2) is 47.2 Å². The smallest absolute Gasteiger partial charge is 0.253 e. The Morgan fingerprint density at radius 2 is 1.92 bits per heavy atom. The van der Waals surface area contributed by atoms with Gasteiger partial charge in [0.05, 0.1) is 16.8 Å². The SMILES string of the molecule is Cc1[nH]nc2ccc(C(=O)N3CCN(c4ccccc4C#N)CC3)cc12. The fourth-order valence-corrected chi connectivity index (χ4v) is 3.45. The van der Waals surface area contributed by atoms with Gasteiger partial charge in [0, 0.05) is 42.8 Å². The summed E-state index contributed by atoms with van der Waals surface area (Å²) in [5, 5.41) is 17.4. The second kappa shape index (κ2) is 6.52. The zero-order valence-corrected chi connectivity index (χ0v) is 14.6. The molecule has 3 aromatic rings. The van der Waals surface area contributed by atoms with E-state index in [9.17, 15) is 10.1 Å². The second-order valence-electron chi connectivity index (χ2n) is 6.49. The number of fused-ring (bicyclic) bond motifs is 1. The van der Waals surface area contributed by atoms with Crippen molar-refractivity contribution >= 4 is 22.5 Å². The summed E-state index contributed by atoms with van der Waals surface area (Å²) in [5.41, 5.74) is 4.14. The Hall–Kier alpha value is -3.33. The largest absolute Gasteiger partial charge is 0.367 e. The number of H-pyrrole nitrogens is 1. The summed E-state index contributed by atoms with van der Waals surface area (Å²) < 4.78 is 0. The van der Waals surface area contributed by atoms with Gasteiger partial charge < -0.3 is 9.80 Å². The van der Waals surface area contributed by atoms with E-state index in [1.54, 1.807) is 0 Å². The number of nitriles is 1. The highest BCUT2D eigenvalue weighted by Crippen LogP contribution is 2.22. The summed E-state index contributed by atoms with van der Waals surface area (Å²) in [6, 6.07) is 15.5. The number of carbonyl (C=O) groups excluding carboxylic acids is 1. The average Bonchev–Trinajstić information content (AvgIpc) is 3.08. The van der Waals surface area contributed by atoms with E-state index in [1.807, 2.05) is 54.3 Å². The zero-order valence-electron chi connectivity index (χ0n) is 14.6. The molecule has 1 aliphatic rings. The highest BCUT2D eigenvalue weighted by atomic mass is 16.2. The van der Waals surface area contributed by atoms with Gasteiger partial charge in [-0.05, 0) is 37.3 Å². The monoisotopic (exact) mass is 345 g/mol. The minimum absolute atomic E-state index is 0.0423. The molecule has 0 spiro atoms. The van der Waals surface area contributed by atoms with Crippen molar-refractivity contribution in [2.24, 2.45) is 0 Å². The Labute approximate surface area is 151 Å². The molecule has 1 aromatic heterocycles. The van der Waals surface area contributed by atoms with Crippen LogP contribution in [0, 0.1) is 18.3 Å². The van der Waals surface area contributed by atoms with Crippen LogP contribution in [0.15, 0.2) is 42.5 Å². The van der Waals surface area contributed by atoms with E-state index in [2.05, 4.69) is 21.2 Å². The average molecular weight is 345 g/mol. The molecule has 4 rings (SSSR count). The quantitative estimate of drug-likeness (QED) is 0.775. The van der Waals surface area contributed by atoms with Crippen molar-refractivity contribution < 1.29 is 4.79 Å². The summed E-state index contributed by atoms with van der Waals surface area (Å²) in [6.07, 6.45) is 0. The summed E-state index contributed by atoms with van der Waals surface area (Å²) in [7, 11) is 0. The standard InChI is InChI=1S/C20H19N5O/c1-14-17-12-15(6-7-18(17)23-22-14)20(26)25-10-8-24(9-11-25)19-5-3-2-4-16(19)13-21/h2-7,12H,8-11H2,1H3,(H,22,23).